The SMILES string of the molecule is CC1=C(c2nn(C(C)C)c(=O)o2)C(=O)N2NC(C(F)(F)F)C(c3ccccc3)C2N1. The van der Waals surface area contributed by atoms with Crippen LogP contribution in [0.4, 0.5) is 13.2 Å². The van der Waals surface area contributed by atoms with Crippen LogP contribution in [0.15, 0.2) is 45.2 Å². The number of allylic oxidation sites excluding steroid dienone is 1. The fourth-order valence-electron chi connectivity index (χ4n) is 3.86. The van der Waals surface area contributed by atoms with Crippen LogP contribution >= 0.6 is 0 Å². The van der Waals surface area contributed by atoms with Crippen molar-refractivity contribution in [1.82, 2.24) is 25.5 Å². The number of carbonyl (C=O) groups is 1. The number of halogens is 3. The van der Waals surface area contributed by atoms with Crippen molar-refractivity contribution in [2.45, 2.75) is 51.1 Å². The smallest absolute Gasteiger partial charge is 0.387 e. The molecule has 4 rings (SSSR count). The van der Waals surface area contributed by atoms with Gasteiger partial charge in [-0.25, -0.2) is 15.2 Å². The summed E-state index contributed by atoms with van der Waals surface area (Å²) in [5, 5.41) is 7.92. The molecule has 2 N–H and O–H groups in total. The Bertz CT molecular complexity index is 1060. The molecule has 1 fully saturated rings. The first kappa shape index (κ1) is 20.2. The molecule has 30 heavy (non-hydrogen) atoms. The second-order valence-corrected chi connectivity index (χ2v) is 7.56. The van der Waals surface area contributed by atoms with E-state index in [0.29, 0.717) is 5.56 Å². The van der Waals surface area contributed by atoms with E-state index in [1.54, 1.807) is 51.1 Å². The van der Waals surface area contributed by atoms with Gasteiger partial charge in [-0.15, -0.1) is 5.10 Å². The van der Waals surface area contributed by atoms with Crippen molar-refractivity contribution in [3.8, 4) is 0 Å². The van der Waals surface area contributed by atoms with E-state index in [-0.39, 0.29) is 23.2 Å². The molecule has 1 amide bonds. The number of hydrogen-bond donors (Lipinski definition) is 2. The lowest BCUT2D eigenvalue weighted by Crippen LogP contribution is -2.54. The molecule has 0 saturated carbocycles. The van der Waals surface area contributed by atoms with E-state index >= 15 is 0 Å². The highest BCUT2D eigenvalue weighted by atomic mass is 19.4. The van der Waals surface area contributed by atoms with Crippen molar-refractivity contribution in [3.63, 3.8) is 0 Å². The third-order valence-electron chi connectivity index (χ3n) is 5.24. The summed E-state index contributed by atoms with van der Waals surface area (Å²) < 4.78 is 47.6. The second kappa shape index (κ2) is 7.01. The fraction of sp³-hybridized carbons (Fsp3) is 0.421. The number of fused-ring (bicyclic) bond motifs is 1. The van der Waals surface area contributed by atoms with Gasteiger partial charge in [-0.2, -0.15) is 17.9 Å². The first-order valence-electron chi connectivity index (χ1n) is 9.38. The van der Waals surface area contributed by atoms with Crippen LogP contribution in [0.5, 0.6) is 0 Å². The lowest BCUT2D eigenvalue weighted by atomic mass is 9.89. The van der Waals surface area contributed by atoms with E-state index < -0.39 is 36.0 Å². The third kappa shape index (κ3) is 3.18. The van der Waals surface area contributed by atoms with E-state index in [4.69, 9.17) is 4.42 Å². The molecule has 1 saturated heterocycles. The zero-order valence-electron chi connectivity index (χ0n) is 16.4. The molecule has 0 spiro atoms. The molecule has 0 bridgehead atoms. The molecule has 3 atom stereocenters. The molecule has 0 radical (unpaired) electrons. The summed E-state index contributed by atoms with van der Waals surface area (Å²) in [5.41, 5.74) is 2.93. The Kier molecular flexibility index (Phi) is 4.72. The van der Waals surface area contributed by atoms with Crippen LogP contribution in [0.2, 0.25) is 0 Å². The van der Waals surface area contributed by atoms with Gasteiger partial charge < -0.3 is 9.73 Å². The minimum absolute atomic E-state index is 0.0927. The molecule has 1 aromatic heterocycles. The molecule has 2 aromatic rings. The second-order valence-electron chi connectivity index (χ2n) is 7.56. The number of carbonyl (C=O) groups excluding carboxylic acids is 1. The lowest BCUT2D eigenvalue weighted by Gasteiger charge is -2.34. The van der Waals surface area contributed by atoms with Crippen LogP contribution < -0.4 is 16.5 Å². The molecule has 0 aliphatic carbocycles. The van der Waals surface area contributed by atoms with Gasteiger partial charge >= 0.3 is 11.9 Å². The summed E-state index contributed by atoms with van der Waals surface area (Å²) in [4.78, 5) is 25.1. The van der Waals surface area contributed by atoms with E-state index in [0.717, 1.165) is 9.69 Å². The molecule has 2 aliphatic heterocycles. The van der Waals surface area contributed by atoms with Gasteiger partial charge in [-0.05, 0) is 26.3 Å². The molecule has 160 valence electrons. The number of hydrogen-bond acceptors (Lipinski definition) is 6. The Balaban J connectivity index is 1.77. The zero-order chi connectivity index (χ0) is 21.8. The molecule has 1 aromatic carbocycles. The maximum Gasteiger partial charge on any atom is 0.437 e. The van der Waals surface area contributed by atoms with Crippen LogP contribution in [-0.2, 0) is 4.79 Å². The predicted molar refractivity (Wildman–Crippen MR) is 99.7 cm³/mol. The predicted octanol–water partition coefficient (Wildman–Crippen LogP) is 2.14. The first-order valence-corrected chi connectivity index (χ1v) is 9.38. The van der Waals surface area contributed by atoms with Crippen LogP contribution in [0, 0.1) is 0 Å². The summed E-state index contributed by atoms with van der Waals surface area (Å²) in [5.74, 6) is -2.82. The quantitative estimate of drug-likeness (QED) is 0.786. The molecule has 11 heteroatoms. The van der Waals surface area contributed by atoms with Crippen molar-refractivity contribution in [2.75, 3.05) is 0 Å². The standard InChI is InChI=1S/C19H20F3N5O3/c1-9(2)26-18(29)30-16(25-26)12-10(3)23-15-13(11-7-5-4-6-8-11)14(19(20,21)22)24-27(15)17(12)28/h4-9,13-15,23-24H,1-3H3. The molecule has 3 heterocycles. The fourth-order valence-corrected chi connectivity index (χ4v) is 3.86. The minimum atomic E-state index is -4.60. The van der Waals surface area contributed by atoms with E-state index in [1.165, 1.54) is 0 Å². The van der Waals surface area contributed by atoms with Crippen molar-refractivity contribution >= 4 is 11.5 Å². The third-order valence-corrected chi connectivity index (χ3v) is 5.24. The van der Waals surface area contributed by atoms with Crippen LogP contribution in [0.1, 0.15) is 44.2 Å². The van der Waals surface area contributed by atoms with Gasteiger partial charge in [0.2, 0.25) is 0 Å². The molecular weight excluding hydrogens is 403 g/mol. The summed E-state index contributed by atoms with van der Waals surface area (Å²) >= 11 is 0. The average molecular weight is 423 g/mol. The van der Waals surface area contributed by atoms with Crippen LogP contribution in [-0.4, -0.2) is 39.1 Å². The number of nitrogens with one attached hydrogen (secondary N) is 2. The molecule has 2 aliphatic rings. The van der Waals surface area contributed by atoms with Gasteiger partial charge in [0.25, 0.3) is 11.8 Å². The number of rotatable bonds is 3. The number of benzene rings is 1. The Labute approximate surface area is 169 Å². The summed E-state index contributed by atoms with van der Waals surface area (Å²) in [6, 6.07) is 5.92. The topological polar surface area (TPSA) is 92.4 Å². The van der Waals surface area contributed by atoms with Crippen LogP contribution in [0.25, 0.3) is 5.57 Å². The number of hydrazine groups is 1. The molecule has 8 nitrogen and oxygen atoms in total. The minimum Gasteiger partial charge on any atom is -0.387 e. The largest absolute Gasteiger partial charge is 0.437 e. The maximum absolute atomic E-state index is 13.8. The summed E-state index contributed by atoms with van der Waals surface area (Å²) in [7, 11) is 0. The number of amides is 1. The highest BCUT2D eigenvalue weighted by Crippen LogP contribution is 2.42. The average Bonchev–Trinajstić information content (AvgIpc) is 3.23. The van der Waals surface area contributed by atoms with Crippen molar-refractivity contribution < 1.29 is 22.4 Å². The van der Waals surface area contributed by atoms with E-state index in [9.17, 15) is 22.8 Å². The summed E-state index contributed by atoms with van der Waals surface area (Å²) in [6.45, 7) is 4.97. The highest BCUT2D eigenvalue weighted by Gasteiger charge is 2.58. The number of aromatic nitrogens is 2. The van der Waals surface area contributed by atoms with Gasteiger partial charge in [0, 0.05) is 5.70 Å². The number of alkyl halides is 3. The first-order chi connectivity index (χ1) is 14.1. The molecule has 3 unspecified atom stereocenters. The van der Waals surface area contributed by atoms with Crippen molar-refractivity contribution in [3.05, 3.63) is 58.0 Å². The molecular formula is C19H20F3N5O3. The lowest BCUT2D eigenvalue weighted by molar-refractivity contribution is -0.161. The van der Waals surface area contributed by atoms with Crippen molar-refractivity contribution in [1.29, 1.82) is 0 Å². The normalized spacial score (nSPS) is 24.4. The van der Waals surface area contributed by atoms with Gasteiger partial charge in [0.1, 0.15) is 17.8 Å². The number of nitrogens with zero attached hydrogens (tertiary/aromatic N) is 3. The Hall–Kier alpha value is -3.08. The maximum atomic E-state index is 13.8. The van der Waals surface area contributed by atoms with E-state index in [2.05, 4.69) is 15.8 Å². The highest BCUT2D eigenvalue weighted by molar-refractivity contribution is 6.19. The Morgan fingerprint density at radius 3 is 2.40 bits per heavy atom. The van der Waals surface area contributed by atoms with Gasteiger partial charge in [-0.1, -0.05) is 30.3 Å². The van der Waals surface area contributed by atoms with Crippen LogP contribution in [0.3, 0.4) is 0 Å². The van der Waals surface area contributed by atoms with Gasteiger partial charge in [0.15, 0.2) is 0 Å². The Morgan fingerprint density at radius 1 is 1.17 bits per heavy atom. The monoisotopic (exact) mass is 423 g/mol. The summed E-state index contributed by atoms with van der Waals surface area (Å²) in [6.07, 6.45) is -5.58. The Morgan fingerprint density at radius 2 is 1.83 bits per heavy atom. The van der Waals surface area contributed by atoms with Gasteiger partial charge in [-0.3, -0.25) is 4.79 Å². The van der Waals surface area contributed by atoms with Gasteiger partial charge in [0.05, 0.1) is 12.0 Å². The van der Waals surface area contributed by atoms with E-state index in [1.807, 2.05) is 0 Å². The van der Waals surface area contributed by atoms with Crippen molar-refractivity contribution in [2.24, 2.45) is 0 Å². The zero-order valence-corrected chi connectivity index (χ0v) is 16.4.